The minimum Gasteiger partial charge on any atom is -0.508 e. The van der Waals surface area contributed by atoms with Gasteiger partial charge in [-0.05, 0) is 41.8 Å². The number of aliphatic carboxylic acids is 4. The Kier molecular flexibility index (Phi) is 13.8. The highest BCUT2D eigenvalue weighted by atomic mass is 16.4. The van der Waals surface area contributed by atoms with Gasteiger partial charge in [-0.2, -0.15) is 0 Å². The third-order valence-electron chi connectivity index (χ3n) is 4.05. The van der Waals surface area contributed by atoms with E-state index in [1.165, 1.54) is 36.4 Å². The van der Waals surface area contributed by atoms with E-state index in [0.717, 1.165) is 5.56 Å². The van der Waals surface area contributed by atoms with Gasteiger partial charge < -0.3 is 36.4 Å². The van der Waals surface area contributed by atoms with Crippen LogP contribution in [0, 0.1) is 0 Å². The summed E-state index contributed by atoms with van der Waals surface area (Å²) in [7, 11) is 0. The molecule has 0 spiro atoms. The normalized spacial score (nSPS) is 10.4. The molecule has 0 fully saturated rings. The number of nitrogens with two attached hydrogens (primary N) is 1. The highest BCUT2D eigenvalue weighted by molar-refractivity contribution is 6.33. The molecule has 8 N–H and O–H groups in total. The zero-order valence-electron chi connectivity index (χ0n) is 18.7. The monoisotopic (exact) mass is 507 g/mol. The number of ketones is 2. The van der Waals surface area contributed by atoms with Crippen molar-refractivity contribution in [3.8, 4) is 11.5 Å². The predicted octanol–water partition coefficient (Wildman–Crippen LogP) is 0.440. The Morgan fingerprint density at radius 1 is 0.639 bits per heavy atom. The van der Waals surface area contributed by atoms with Gasteiger partial charge in [0.2, 0.25) is 11.6 Å². The topological polar surface area (TPSA) is 250 Å². The first-order valence-electron chi connectivity index (χ1n) is 10.0. The number of phenolic OH excluding ortho intramolecular Hbond substituents is 2. The second-order valence-electron chi connectivity index (χ2n) is 7.01. The summed E-state index contributed by atoms with van der Waals surface area (Å²) in [6.07, 6.45) is -0.735. The van der Waals surface area contributed by atoms with Crippen molar-refractivity contribution in [2.75, 3.05) is 0 Å². The van der Waals surface area contributed by atoms with Crippen molar-refractivity contribution in [3.05, 3.63) is 59.7 Å². The van der Waals surface area contributed by atoms with Crippen LogP contribution >= 0.6 is 0 Å². The van der Waals surface area contributed by atoms with Gasteiger partial charge in [-0.1, -0.05) is 24.3 Å². The minimum absolute atomic E-state index is 0.0894. The molecule has 2 rings (SSSR count). The maximum atomic E-state index is 10.7. The van der Waals surface area contributed by atoms with Crippen LogP contribution in [0.1, 0.15) is 24.0 Å². The van der Waals surface area contributed by atoms with E-state index >= 15 is 0 Å². The van der Waals surface area contributed by atoms with Gasteiger partial charge >= 0.3 is 23.9 Å². The molecule has 0 aliphatic carbocycles. The Bertz CT molecular complexity index is 1060. The quantitative estimate of drug-likeness (QED) is 0.216. The van der Waals surface area contributed by atoms with Gasteiger partial charge in [0, 0.05) is 12.8 Å². The lowest BCUT2D eigenvalue weighted by molar-refractivity contribution is -0.149. The molecule has 13 heteroatoms. The van der Waals surface area contributed by atoms with Crippen LogP contribution in [0.4, 0.5) is 0 Å². The fourth-order valence-electron chi connectivity index (χ4n) is 2.18. The van der Waals surface area contributed by atoms with Crippen LogP contribution in [0.2, 0.25) is 0 Å². The summed E-state index contributed by atoms with van der Waals surface area (Å²) in [6.45, 7) is 0. The number of Topliss-reactive ketones (excluding diaryl/α,β-unsaturated/α-hetero) is 2. The standard InChI is InChI=1S/C9H11NO3.C9H8O4.C5H6O5/c10-8(9(12)13)5-6-1-3-7(11)4-2-6;10-7-3-1-6(2-4-7)5-8(11)9(12)13;6-3(5(9)10)1-2-4(7)8/h1-4,8,11H,5,10H2,(H,12,13);1-4,10H,5H2,(H,12,13);1-2H2,(H,7,8)(H,9,10)/t8-;;/m0../s1. The predicted molar refractivity (Wildman–Crippen MR) is 121 cm³/mol. The number of carboxylic acids is 4. The molecule has 2 aromatic carbocycles. The molecule has 194 valence electrons. The van der Waals surface area contributed by atoms with E-state index in [1.54, 1.807) is 12.1 Å². The summed E-state index contributed by atoms with van der Waals surface area (Å²) in [4.78, 5) is 61.0. The number of benzene rings is 2. The van der Waals surface area contributed by atoms with Gasteiger partial charge in [0.25, 0.3) is 0 Å². The van der Waals surface area contributed by atoms with Crippen LogP contribution in [0.5, 0.6) is 11.5 Å². The molecule has 0 aliphatic heterocycles. The fraction of sp³-hybridized carbons (Fsp3) is 0.217. The third kappa shape index (κ3) is 14.4. The average molecular weight is 507 g/mol. The second kappa shape index (κ2) is 16.0. The molecule has 0 heterocycles. The number of hydrogen-bond acceptors (Lipinski definition) is 9. The van der Waals surface area contributed by atoms with E-state index in [4.69, 9.17) is 36.4 Å². The Labute approximate surface area is 204 Å². The van der Waals surface area contributed by atoms with Gasteiger partial charge in [0.15, 0.2) is 0 Å². The number of carbonyl (C=O) groups is 6. The number of carbonyl (C=O) groups excluding carboxylic acids is 2. The van der Waals surface area contributed by atoms with E-state index in [1.807, 2.05) is 0 Å². The Morgan fingerprint density at radius 3 is 1.42 bits per heavy atom. The zero-order chi connectivity index (χ0) is 27.8. The summed E-state index contributed by atoms with van der Waals surface area (Å²) in [5.74, 6) is -6.88. The van der Waals surface area contributed by atoms with Crippen molar-refractivity contribution in [1.29, 1.82) is 0 Å². The molecule has 0 aliphatic rings. The molecule has 0 aromatic heterocycles. The first-order valence-corrected chi connectivity index (χ1v) is 10.0. The highest BCUT2D eigenvalue weighted by Gasteiger charge is 2.13. The van der Waals surface area contributed by atoms with E-state index in [9.17, 15) is 28.8 Å². The Morgan fingerprint density at radius 2 is 1.06 bits per heavy atom. The summed E-state index contributed by atoms with van der Waals surface area (Å²) in [5.41, 5.74) is 6.70. The third-order valence-corrected chi connectivity index (χ3v) is 4.05. The number of phenols is 2. The van der Waals surface area contributed by atoms with Gasteiger partial charge in [0.1, 0.15) is 17.5 Å². The van der Waals surface area contributed by atoms with E-state index < -0.39 is 54.3 Å². The first-order chi connectivity index (χ1) is 16.7. The fourth-order valence-corrected chi connectivity index (χ4v) is 2.18. The molecule has 1 atom stereocenters. The van der Waals surface area contributed by atoms with Crippen molar-refractivity contribution in [3.63, 3.8) is 0 Å². The lowest BCUT2D eigenvalue weighted by atomic mass is 10.1. The van der Waals surface area contributed by atoms with Crippen molar-refractivity contribution < 1.29 is 59.4 Å². The number of carboxylic acid groups (broad SMARTS) is 4. The maximum absolute atomic E-state index is 10.7. The molecule has 0 unspecified atom stereocenters. The van der Waals surface area contributed by atoms with Crippen LogP contribution in [-0.4, -0.2) is 72.1 Å². The largest absolute Gasteiger partial charge is 0.508 e. The van der Waals surface area contributed by atoms with Crippen molar-refractivity contribution in [2.24, 2.45) is 5.73 Å². The molecule has 0 saturated carbocycles. The molecule has 2 aromatic rings. The molecule has 36 heavy (non-hydrogen) atoms. The van der Waals surface area contributed by atoms with Crippen LogP contribution in [0.25, 0.3) is 0 Å². The molecule has 13 nitrogen and oxygen atoms in total. The first kappa shape index (κ1) is 31.2. The lowest BCUT2D eigenvalue weighted by Gasteiger charge is -2.05. The highest BCUT2D eigenvalue weighted by Crippen LogP contribution is 2.11. The molecular weight excluding hydrogens is 482 g/mol. The van der Waals surface area contributed by atoms with Gasteiger partial charge in [-0.15, -0.1) is 0 Å². The van der Waals surface area contributed by atoms with E-state index in [-0.39, 0.29) is 24.3 Å². The number of aromatic hydroxyl groups is 2. The van der Waals surface area contributed by atoms with Gasteiger partial charge in [-0.25, -0.2) is 9.59 Å². The average Bonchev–Trinajstić information content (AvgIpc) is 2.81. The maximum Gasteiger partial charge on any atom is 0.372 e. The molecule has 0 saturated heterocycles. The van der Waals surface area contributed by atoms with Crippen molar-refractivity contribution in [2.45, 2.75) is 31.7 Å². The SMILES string of the molecule is N[C@@H](Cc1ccc(O)cc1)C(=O)O.O=C(O)C(=O)Cc1ccc(O)cc1.O=C(O)CCC(=O)C(=O)O. The molecular formula is C23H25NO12. The summed E-state index contributed by atoms with van der Waals surface area (Å²) in [6, 6.07) is 11.3. The minimum atomic E-state index is -1.58. The Hall–Kier alpha value is -4.78. The van der Waals surface area contributed by atoms with Crippen LogP contribution in [0.15, 0.2) is 48.5 Å². The van der Waals surface area contributed by atoms with Crippen molar-refractivity contribution >= 4 is 35.4 Å². The van der Waals surface area contributed by atoms with E-state index in [2.05, 4.69) is 0 Å². The summed E-state index contributed by atoms with van der Waals surface area (Å²) in [5, 5.41) is 50.6. The number of hydrogen-bond donors (Lipinski definition) is 7. The van der Waals surface area contributed by atoms with Crippen LogP contribution in [0.3, 0.4) is 0 Å². The van der Waals surface area contributed by atoms with Crippen molar-refractivity contribution in [1.82, 2.24) is 0 Å². The second-order valence-corrected chi connectivity index (χ2v) is 7.01. The van der Waals surface area contributed by atoms with Gasteiger partial charge in [0.05, 0.1) is 6.42 Å². The van der Waals surface area contributed by atoms with Crippen LogP contribution < -0.4 is 5.73 Å². The number of rotatable bonds is 10. The summed E-state index contributed by atoms with van der Waals surface area (Å²) >= 11 is 0. The van der Waals surface area contributed by atoms with Gasteiger partial charge in [-0.3, -0.25) is 19.2 Å². The Balaban J connectivity index is 0.000000517. The molecule has 0 radical (unpaired) electrons. The zero-order valence-corrected chi connectivity index (χ0v) is 18.7. The van der Waals surface area contributed by atoms with E-state index in [0.29, 0.717) is 5.56 Å². The summed E-state index contributed by atoms with van der Waals surface area (Å²) < 4.78 is 0. The lowest BCUT2D eigenvalue weighted by Crippen LogP contribution is -2.32. The molecule has 0 bridgehead atoms. The van der Waals surface area contributed by atoms with Crippen LogP contribution in [-0.2, 0) is 41.6 Å². The smallest absolute Gasteiger partial charge is 0.372 e. The molecule has 0 amide bonds.